The SMILES string of the molecule is CCC/C(=C1/c2ccccc2CC1O[Si](C)(C)C(C)(C)C)c1ccc(OC)c(OC)c1. The average molecular weight is 439 g/mol. The zero-order valence-electron chi connectivity index (χ0n) is 20.5. The van der Waals surface area contributed by atoms with Crippen LogP contribution in [0.2, 0.25) is 18.1 Å². The molecule has 0 aliphatic heterocycles. The molecule has 2 aromatic rings. The van der Waals surface area contributed by atoms with Crippen LogP contribution in [0, 0.1) is 0 Å². The molecule has 3 nitrogen and oxygen atoms in total. The fourth-order valence-corrected chi connectivity index (χ4v) is 5.40. The molecule has 2 aromatic carbocycles. The van der Waals surface area contributed by atoms with E-state index >= 15 is 0 Å². The molecule has 0 saturated carbocycles. The number of methoxy groups -OCH3 is 2. The lowest BCUT2D eigenvalue weighted by molar-refractivity contribution is 0.239. The van der Waals surface area contributed by atoms with Crippen molar-refractivity contribution in [3.8, 4) is 11.5 Å². The molecular formula is C27H38O3Si. The van der Waals surface area contributed by atoms with Crippen molar-refractivity contribution in [2.24, 2.45) is 0 Å². The third-order valence-corrected chi connectivity index (χ3v) is 11.3. The van der Waals surface area contributed by atoms with Crippen LogP contribution < -0.4 is 9.47 Å². The Hall–Kier alpha value is -2.04. The molecule has 0 fully saturated rings. The van der Waals surface area contributed by atoms with Crippen molar-refractivity contribution in [3.05, 3.63) is 59.2 Å². The molecule has 31 heavy (non-hydrogen) atoms. The highest BCUT2D eigenvalue weighted by Gasteiger charge is 2.42. The Balaban J connectivity index is 2.19. The number of hydrogen-bond acceptors (Lipinski definition) is 3. The maximum Gasteiger partial charge on any atom is 0.192 e. The Morgan fingerprint density at radius 3 is 2.29 bits per heavy atom. The number of hydrogen-bond donors (Lipinski definition) is 0. The van der Waals surface area contributed by atoms with Gasteiger partial charge in [0.1, 0.15) is 0 Å². The predicted molar refractivity (Wildman–Crippen MR) is 133 cm³/mol. The van der Waals surface area contributed by atoms with Gasteiger partial charge in [-0.2, -0.15) is 0 Å². The Bertz CT molecular complexity index is 953. The van der Waals surface area contributed by atoms with Crippen molar-refractivity contribution in [1.29, 1.82) is 0 Å². The second-order valence-electron chi connectivity index (χ2n) is 9.94. The second kappa shape index (κ2) is 9.21. The first-order valence-corrected chi connectivity index (χ1v) is 14.2. The van der Waals surface area contributed by atoms with Crippen LogP contribution in [0.1, 0.15) is 57.2 Å². The summed E-state index contributed by atoms with van der Waals surface area (Å²) < 4.78 is 18.1. The summed E-state index contributed by atoms with van der Waals surface area (Å²) in [5, 5.41) is 0.168. The highest BCUT2D eigenvalue weighted by Crippen LogP contribution is 2.46. The van der Waals surface area contributed by atoms with Crippen LogP contribution in [0.3, 0.4) is 0 Å². The highest BCUT2D eigenvalue weighted by atomic mass is 28.4. The number of benzene rings is 2. The largest absolute Gasteiger partial charge is 0.493 e. The summed E-state index contributed by atoms with van der Waals surface area (Å²) >= 11 is 0. The number of fused-ring (bicyclic) bond motifs is 1. The minimum atomic E-state index is -1.93. The summed E-state index contributed by atoms with van der Waals surface area (Å²) in [6.45, 7) is 13.9. The summed E-state index contributed by atoms with van der Waals surface area (Å²) in [7, 11) is 1.44. The molecule has 0 spiro atoms. The molecule has 3 rings (SSSR count). The molecule has 1 aliphatic carbocycles. The first-order chi connectivity index (χ1) is 14.6. The van der Waals surface area contributed by atoms with E-state index in [0.29, 0.717) is 0 Å². The minimum Gasteiger partial charge on any atom is -0.493 e. The fraction of sp³-hybridized carbons (Fsp3) is 0.481. The molecule has 1 aliphatic rings. The van der Waals surface area contributed by atoms with E-state index in [0.717, 1.165) is 30.8 Å². The Morgan fingerprint density at radius 1 is 1.00 bits per heavy atom. The van der Waals surface area contributed by atoms with Crippen LogP contribution in [0.25, 0.3) is 11.1 Å². The summed E-state index contributed by atoms with van der Waals surface area (Å²) in [5.41, 5.74) is 6.63. The number of ether oxygens (including phenoxy) is 2. The quantitative estimate of drug-likeness (QED) is 0.423. The van der Waals surface area contributed by atoms with E-state index < -0.39 is 8.32 Å². The van der Waals surface area contributed by atoms with Crippen LogP contribution in [0.15, 0.2) is 42.5 Å². The van der Waals surface area contributed by atoms with Crippen LogP contribution in [-0.2, 0) is 10.8 Å². The third kappa shape index (κ3) is 4.75. The molecule has 1 unspecified atom stereocenters. The van der Waals surface area contributed by atoms with E-state index in [1.807, 2.05) is 6.07 Å². The van der Waals surface area contributed by atoms with Crippen LogP contribution in [0.5, 0.6) is 11.5 Å². The summed E-state index contributed by atoms with van der Waals surface area (Å²) in [6, 6.07) is 15.1. The minimum absolute atomic E-state index is 0.0907. The molecule has 0 amide bonds. The fourth-order valence-electron chi connectivity index (χ4n) is 4.13. The van der Waals surface area contributed by atoms with Crippen molar-refractivity contribution in [2.75, 3.05) is 14.2 Å². The second-order valence-corrected chi connectivity index (χ2v) is 14.7. The Labute approximate surface area is 189 Å². The Morgan fingerprint density at radius 2 is 1.68 bits per heavy atom. The van der Waals surface area contributed by atoms with Crippen molar-refractivity contribution < 1.29 is 13.9 Å². The van der Waals surface area contributed by atoms with Gasteiger partial charge in [-0.15, -0.1) is 0 Å². The molecule has 0 saturated heterocycles. The first-order valence-electron chi connectivity index (χ1n) is 11.3. The maximum absolute atomic E-state index is 7.03. The van der Waals surface area contributed by atoms with Crippen molar-refractivity contribution in [2.45, 2.75) is 71.2 Å². The van der Waals surface area contributed by atoms with Crippen LogP contribution in [0.4, 0.5) is 0 Å². The predicted octanol–water partition coefficient (Wildman–Crippen LogP) is 7.36. The summed E-state index contributed by atoms with van der Waals surface area (Å²) in [4.78, 5) is 0. The normalized spacial score (nSPS) is 18.0. The van der Waals surface area contributed by atoms with E-state index in [9.17, 15) is 0 Å². The molecule has 168 valence electrons. The van der Waals surface area contributed by atoms with E-state index in [2.05, 4.69) is 77.2 Å². The average Bonchev–Trinajstić information content (AvgIpc) is 3.07. The lowest BCUT2D eigenvalue weighted by Crippen LogP contribution is -2.44. The van der Waals surface area contributed by atoms with Gasteiger partial charge in [0.05, 0.1) is 20.3 Å². The maximum atomic E-state index is 7.03. The third-order valence-electron chi connectivity index (χ3n) is 6.84. The first kappa shape index (κ1) is 23.6. The standard InChI is InChI=1S/C27H38O3Si/c1-9-12-21(20-15-16-23(28-5)24(17-20)29-6)26-22-14-11-10-13-19(22)18-25(26)30-31(7,8)27(2,3)4/h10-11,13-17,25H,9,12,18H2,1-8H3/b26-21+. The molecule has 0 heterocycles. The van der Waals surface area contributed by atoms with Gasteiger partial charge in [0.25, 0.3) is 0 Å². The van der Waals surface area contributed by atoms with Gasteiger partial charge in [0.15, 0.2) is 19.8 Å². The van der Waals surface area contributed by atoms with Gasteiger partial charge >= 0.3 is 0 Å². The van der Waals surface area contributed by atoms with Gasteiger partial charge in [-0.25, -0.2) is 0 Å². The monoisotopic (exact) mass is 438 g/mol. The van der Waals surface area contributed by atoms with Gasteiger partial charge in [-0.05, 0) is 64.5 Å². The van der Waals surface area contributed by atoms with Crippen molar-refractivity contribution in [3.63, 3.8) is 0 Å². The smallest absolute Gasteiger partial charge is 0.192 e. The lowest BCUT2D eigenvalue weighted by Gasteiger charge is -2.39. The van der Waals surface area contributed by atoms with Gasteiger partial charge in [-0.1, -0.05) is 64.4 Å². The molecule has 0 aromatic heterocycles. The molecule has 0 radical (unpaired) electrons. The summed E-state index contributed by atoms with van der Waals surface area (Å²) in [5.74, 6) is 1.52. The highest BCUT2D eigenvalue weighted by molar-refractivity contribution is 6.74. The molecule has 0 N–H and O–H groups in total. The van der Waals surface area contributed by atoms with Crippen LogP contribution in [-0.4, -0.2) is 28.6 Å². The van der Waals surface area contributed by atoms with Gasteiger partial charge in [0.2, 0.25) is 0 Å². The molecule has 4 heteroatoms. The van der Waals surface area contributed by atoms with E-state index in [-0.39, 0.29) is 11.1 Å². The van der Waals surface area contributed by atoms with Gasteiger partial charge < -0.3 is 13.9 Å². The van der Waals surface area contributed by atoms with E-state index in [1.165, 1.54) is 27.8 Å². The Kier molecular flexibility index (Phi) is 7.02. The molecule has 0 bridgehead atoms. The zero-order valence-corrected chi connectivity index (χ0v) is 21.5. The molecular weight excluding hydrogens is 400 g/mol. The molecule has 1 atom stereocenters. The van der Waals surface area contributed by atoms with Gasteiger partial charge in [-0.3, -0.25) is 0 Å². The van der Waals surface area contributed by atoms with Gasteiger partial charge in [0, 0.05) is 6.42 Å². The van der Waals surface area contributed by atoms with Crippen LogP contribution >= 0.6 is 0 Å². The van der Waals surface area contributed by atoms with Crippen molar-refractivity contribution >= 4 is 19.5 Å². The van der Waals surface area contributed by atoms with E-state index in [4.69, 9.17) is 13.9 Å². The number of allylic oxidation sites excluding steroid dienone is 1. The topological polar surface area (TPSA) is 27.7 Å². The summed E-state index contributed by atoms with van der Waals surface area (Å²) in [6.07, 6.45) is 3.10. The number of rotatable bonds is 7. The van der Waals surface area contributed by atoms with E-state index in [1.54, 1.807) is 14.2 Å². The van der Waals surface area contributed by atoms with Crippen molar-refractivity contribution in [1.82, 2.24) is 0 Å². The lowest BCUT2D eigenvalue weighted by atomic mass is 9.91. The zero-order chi connectivity index (χ0) is 22.8.